The summed E-state index contributed by atoms with van der Waals surface area (Å²) >= 11 is 3.80. The molecule has 1 aromatic carbocycles. The van der Waals surface area contributed by atoms with Crippen LogP contribution in [0.2, 0.25) is 15.1 Å². The molecule has 0 aromatic heterocycles. The van der Waals surface area contributed by atoms with E-state index in [2.05, 4.69) is 105 Å². The Morgan fingerprint density at radius 3 is 1.37 bits per heavy atom. The van der Waals surface area contributed by atoms with Crippen LogP contribution in [0.15, 0.2) is 16.6 Å². The average molecular weight is 502 g/mol. The highest BCUT2D eigenvalue weighted by molar-refractivity contribution is 9.10. The SMILES string of the molecule is COc1cc(Br)c(C(O[Si](C(C)(C)C)(C(C)(C)C)C(C)(C)C)C(C)(C)C)cc1OC. The van der Waals surface area contributed by atoms with Crippen molar-refractivity contribution < 1.29 is 13.9 Å². The maximum atomic E-state index is 7.55. The molecule has 5 heteroatoms. The molecule has 0 fully saturated rings. The summed E-state index contributed by atoms with van der Waals surface area (Å²) in [6.45, 7) is 28.0. The van der Waals surface area contributed by atoms with E-state index in [-0.39, 0.29) is 26.6 Å². The fourth-order valence-corrected chi connectivity index (χ4v) is 15.0. The van der Waals surface area contributed by atoms with Gasteiger partial charge in [-0.15, -0.1) is 0 Å². The first-order chi connectivity index (χ1) is 13.2. The minimum Gasteiger partial charge on any atom is -0.493 e. The fraction of sp³-hybridized carbons (Fsp3) is 0.760. The van der Waals surface area contributed by atoms with E-state index >= 15 is 0 Å². The summed E-state index contributed by atoms with van der Waals surface area (Å²) in [5, 5.41) is 0.113. The predicted molar refractivity (Wildman–Crippen MR) is 135 cm³/mol. The van der Waals surface area contributed by atoms with Crippen molar-refractivity contribution in [3.8, 4) is 11.5 Å². The van der Waals surface area contributed by atoms with Gasteiger partial charge in [-0.3, -0.25) is 0 Å². The average Bonchev–Trinajstić information content (AvgIpc) is 2.50. The topological polar surface area (TPSA) is 27.7 Å². The van der Waals surface area contributed by atoms with E-state index < -0.39 is 8.32 Å². The summed E-state index contributed by atoms with van der Waals surface area (Å²) in [5.41, 5.74) is 0.997. The lowest BCUT2D eigenvalue weighted by molar-refractivity contribution is 0.0542. The third kappa shape index (κ3) is 5.10. The third-order valence-electron chi connectivity index (χ3n) is 6.04. The summed E-state index contributed by atoms with van der Waals surface area (Å²) in [5.74, 6) is 1.44. The van der Waals surface area contributed by atoms with Crippen LogP contribution in [0.4, 0.5) is 0 Å². The Bertz CT molecular complexity index is 695. The van der Waals surface area contributed by atoms with E-state index in [0.29, 0.717) is 5.75 Å². The second kappa shape index (κ2) is 8.78. The number of halogens is 1. The van der Waals surface area contributed by atoms with Crippen LogP contribution in [0.3, 0.4) is 0 Å². The van der Waals surface area contributed by atoms with E-state index in [0.717, 1.165) is 15.8 Å². The first-order valence-corrected chi connectivity index (χ1v) is 13.5. The van der Waals surface area contributed by atoms with Crippen LogP contribution in [0.25, 0.3) is 0 Å². The molecule has 0 radical (unpaired) electrons. The molecular formula is C25H45BrO3Si. The molecule has 0 N–H and O–H groups in total. The second-order valence-electron chi connectivity index (χ2n) is 12.5. The summed E-state index contributed by atoms with van der Waals surface area (Å²) < 4.78 is 19.7. The van der Waals surface area contributed by atoms with Crippen LogP contribution >= 0.6 is 15.9 Å². The van der Waals surface area contributed by atoms with Crippen molar-refractivity contribution in [2.75, 3.05) is 14.2 Å². The Hall–Kier alpha value is -0.523. The first-order valence-electron chi connectivity index (χ1n) is 10.8. The fourth-order valence-electron chi connectivity index (χ4n) is 5.86. The largest absolute Gasteiger partial charge is 0.493 e. The lowest BCUT2D eigenvalue weighted by Crippen LogP contribution is -2.62. The first kappa shape index (κ1) is 27.5. The van der Waals surface area contributed by atoms with Gasteiger partial charge in [0.15, 0.2) is 11.5 Å². The molecular weight excluding hydrogens is 456 g/mol. The van der Waals surface area contributed by atoms with Crippen molar-refractivity contribution in [1.82, 2.24) is 0 Å². The minimum absolute atomic E-state index is 0.0377. The van der Waals surface area contributed by atoms with Gasteiger partial charge in [0.1, 0.15) is 0 Å². The highest BCUT2D eigenvalue weighted by Crippen LogP contribution is 2.65. The van der Waals surface area contributed by atoms with Crippen molar-refractivity contribution in [1.29, 1.82) is 0 Å². The second-order valence-corrected chi connectivity index (χ2v) is 19.5. The summed E-state index contributed by atoms with van der Waals surface area (Å²) in [6, 6.07) is 4.07. The Morgan fingerprint density at radius 1 is 0.700 bits per heavy atom. The monoisotopic (exact) mass is 500 g/mol. The molecule has 0 aliphatic carbocycles. The zero-order chi connectivity index (χ0) is 23.9. The van der Waals surface area contributed by atoms with Crippen LogP contribution in [0, 0.1) is 5.41 Å². The molecule has 0 bridgehead atoms. The summed E-state index contributed by atoms with van der Waals surface area (Å²) in [7, 11) is 0.925. The van der Waals surface area contributed by atoms with Gasteiger partial charge in [-0.1, -0.05) is 99.0 Å². The van der Waals surface area contributed by atoms with E-state index in [1.807, 2.05) is 6.07 Å². The predicted octanol–water partition coefficient (Wildman–Crippen LogP) is 8.92. The lowest BCUT2D eigenvalue weighted by Gasteiger charge is -2.60. The maximum Gasteiger partial charge on any atom is 0.209 e. The number of ether oxygens (including phenoxy) is 2. The number of benzene rings is 1. The standard InChI is InChI=1S/C25H45BrO3Si/c1-22(2,3)21(17-15-19(27-13)20(28-14)16-18(17)26)29-30(23(4,5)6,24(7,8)9)25(10,11)12/h15-16,21H,1-14H3. The smallest absolute Gasteiger partial charge is 0.209 e. The van der Waals surface area contributed by atoms with Gasteiger partial charge in [0.2, 0.25) is 8.32 Å². The highest BCUT2D eigenvalue weighted by atomic mass is 79.9. The Labute approximate surface area is 195 Å². The molecule has 1 aromatic rings. The number of methoxy groups -OCH3 is 2. The Kier molecular flexibility index (Phi) is 8.05. The minimum atomic E-state index is -2.42. The van der Waals surface area contributed by atoms with Crippen LogP contribution in [0.1, 0.15) is 94.8 Å². The maximum absolute atomic E-state index is 7.55. The van der Waals surface area contributed by atoms with Gasteiger partial charge < -0.3 is 13.9 Å². The molecule has 0 amide bonds. The Morgan fingerprint density at radius 2 is 1.07 bits per heavy atom. The molecule has 1 rings (SSSR count). The lowest BCUT2D eigenvalue weighted by atomic mass is 9.85. The van der Waals surface area contributed by atoms with E-state index in [9.17, 15) is 0 Å². The number of hydrogen-bond donors (Lipinski definition) is 0. The number of rotatable bonds is 5. The molecule has 30 heavy (non-hydrogen) atoms. The molecule has 0 heterocycles. The molecule has 1 unspecified atom stereocenters. The van der Waals surface area contributed by atoms with Crippen molar-refractivity contribution in [3.05, 3.63) is 22.2 Å². The zero-order valence-corrected chi connectivity index (χ0v) is 24.4. The van der Waals surface area contributed by atoms with Crippen LogP contribution in [-0.2, 0) is 4.43 Å². The molecule has 0 aliphatic rings. The van der Waals surface area contributed by atoms with Crippen LogP contribution in [-0.4, -0.2) is 22.5 Å². The van der Waals surface area contributed by atoms with Crippen molar-refractivity contribution in [2.45, 2.75) is 104 Å². The van der Waals surface area contributed by atoms with Gasteiger partial charge in [-0.2, -0.15) is 0 Å². The van der Waals surface area contributed by atoms with Gasteiger partial charge in [0.05, 0.1) is 20.3 Å². The molecule has 174 valence electrons. The normalized spacial score (nSPS) is 15.2. The van der Waals surface area contributed by atoms with Gasteiger partial charge in [-0.25, -0.2) is 0 Å². The van der Waals surface area contributed by atoms with Crippen LogP contribution < -0.4 is 9.47 Å². The zero-order valence-electron chi connectivity index (χ0n) is 21.8. The summed E-state index contributed by atoms with van der Waals surface area (Å²) in [6.07, 6.45) is -0.101. The van der Waals surface area contributed by atoms with E-state index in [4.69, 9.17) is 13.9 Å². The number of hydrogen-bond acceptors (Lipinski definition) is 3. The van der Waals surface area contributed by atoms with Crippen molar-refractivity contribution in [2.24, 2.45) is 5.41 Å². The quantitative estimate of drug-likeness (QED) is 0.377. The van der Waals surface area contributed by atoms with E-state index in [1.165, 1.54) is 0 Å². The molecule has 1 atom stereocenters. The van der Waals surface area contributed by atoms with Gasteiger partial charge >= 0.3 is 0 Å². The van der Waals surface area contributed by atoms with Gasteiger partial charge in [0.25, 0.3) is 0 Å². The highest BCUT2D eigenvalue weighted by Gasteiger charge is 2.63. The van der Waals surface area contributed by atoms with Crippen LogP contribution in [0.5, 0.6) is 11.5 Å². The third-order valence-corrected chi connectivity index (χ3v) is 13.6. The molecule has 3 nitrogen and oxygen atoms in total. The molecule has 0 spiro atoms. The molecule has 0 saturated carbocycles. The van der Waals surface area contributed by atoms with Gasteiger partial charge in [0, 0.05) is 4.47 Å². The van der Waals surface area contributed by atoms with Crippen molar-refractivity contribution in [3.63, 3.8) is 0 Å². The Balaban J connectivity index is 3.88. The molecule has 0 saturated heterocycles. The molecule has 0 aliphatic heterocycles. The summed E-state index contributed by atoms with van der Waals surface area (Å²) in [4.78, 5) is 0. The van der Waals surface area contributed by atoms with Gasteiger partial charge in [-0.05, 0) is 38.2 Å². The van der Waals surface area contributed by atoms with E-state index in [1.54, 1.807) is 14.2 Å². The van der Waals surface area contributed by atoms with Crippen molar-refractivity contribution >= 4 is 24.2 Å².